The third kappa shape index (κ3) is 10.2. The number of aryl methyl sites for hydroxylation is 2. The summed E-state index contributed by atoms with van der Waals surface area (Å²) in [6.45, 7) is 13.4. The Morgan fingerprint density at radius 1 is 1.00 bits per heavy atom. The average molecular weight is 506 g/mol. The van der Waals surface area contributed by atoms with Crippen LogP contribution >= 0.6 is 0 Å². The predicted molar refractivity (Wildman–Crippen MR) is 143 cm³/mol. The highest BCUT2D eigenvalue weighted by Crippen LogP contribution is 2.29. The van der Waals surface area contributed by atoms with Crippen LogP contribution in [-0.2, 0) is 14.3 Å². The Hall–Kier alpha value is -2.61. The first-order chi connectivity index (χ1) is 17.0. The third-order valence-electron chi connectivity index (χ3n) is 5.91. The number of carbonyl (C=O) groups excluding carboxylic acids is 3. The van der Waals surface area contributed by atoms with Crippen molar-refractivity contribution in [1.82, 2.24) is 15.5 Å². The van der Waals surface area contributed by atoms with Gasteiger partial charge in [-0.05, 0) is 64.2 Å². The average Bonchev–Trinajstić information content (AvgIpc) is 2.79. The number of rotatable bonds is 14. The van der Waals surface area contributed by atoms with Gasteiger partial charge in [-0.25, -0.2) is 4.79 Å². The number of hydrogen-bond acceptors (Lipinski definition) is 5. The van der Waals surface area contributed by atoms with Crippen LogP contribution in [0.1, 0.15) is 95.9 Å². The molecule has 0 fully saturated rings. The first kappa shape index (κ1) is 31.4. The Morgan fingerprint density at radius 2 is 1.58 bits per heavy atom. The summed E-state index contributed by atoms with van der Waals surface area (Å²) in [5, 5.41) is 15.6. The summed E-state index contributed by atoms with van der Waals surface area (Å²) >= 11 is 0. The van der Waals surface area contributed by atoms with Gasteiger partial charge in [0, 0.05) is 13.1 Å². The molecule has 0 saturated carbocycles. The maximum absolute atomic E-state index is 13.8. The van der Waals surface area contributed by atoms with Crippen LogP contribution in [0.4, 0.5) is 4.79 Å². The van der Waals surface area contributed by atoms with Gasteiger partial charge in [-0.1, -0.05) is 57.7 Å². The fourth-order valence-electron chi connectivity index (χ4n) is 4.10. The Bertz CT molecular complexity index is 830. The van der Waals surface area contributed by atoms with Crippen molar-refractivity contribution in [2.24, 2.45) is 0 Å². The minimum absolute atomic E-state index is 0.262. The van der Waals surface area contributed by atoms with Gasteiger partial charge < -0.3 is 25.4 Å². The molecule has 0 aromatic heterocycles. The molecule has 1 rings (SSSR count). The summed E-state index contributed by atoms with van der Waals surface area (Å²) in [5.74, 6) is -0.780. The molecule has 0 aliphatic heterocycles. The number of benzene rings is 1. The fourth-order valence-corrected chi connectivity index (χ4v) is 4.10. The van der Waals surface area contributed by atoms with E-state index in [1.165, 1.54) is 4.90 Å². The van der Waals surface area contributed by atoms with E-state index in [0.717, 1.165) is 48.8 Å². The van der Waals surface area contributed by atoms with Crippen LogP contribution < -0.4 is 10.6 Å². The number of aliphatic hydroxyl groups excluding tert-OH is 1. The van der Waals surface area contributed by atoms with Gasteiger partial charge in [0.25, 0.3) is 0 Å². The van der Waals surface area contributed by atoms with Crippen molar-refractivity contribution in [1.29, 1.82) is 0 Å². The first-order valence-corrected chi connectivity index (χ1v) is 13.2. The maximum atomic E-state index is 13.8. The summed E-state index contributed by atoms with van der Waals surface area (Å²) < 4.78 is 5.29. The van der Waals surface area contributed by atoms with Gasteiger partial charge in [0.15, 0.2) is 0 Å². The monoisotopic (exact) mass is 505 g/mol. The zero-order valence-electron chi connectivity index (χ0n) is 23.3. The highest BCUT2D eigenvalue weighted by Gasteiger charge is 2.37. The summed E-state index contributed by atoms with van der Waals surface area (Å²) in [6, 6.07) is 3.66. The van der Waals surface area contributed by atoms with Crippen LogP contribution in [0.25, 0.3) is 0 Å². The maximum Gasteiger partial charge on any atom is 0.408 e. The molecule has 3 amide bonds. The lowest BCUT2D eigenvalue weighted by Crippen LogP contribution is -2.54. The minimum Gasteiger partial charge on any atom is -0.444 e. The molecule has 36 heavy (non-hydrogen) atoms. The van der Waals surface area contributed by atoms with E-state index in [2.05, 4.69) is 24.5 Å². The number of hydrogen-bond donors (Lipinski definition) is 3. The number of ether oxygens (including phenoxy) is 1. The second-order valence-corrected chi connectivity index (χ2v) is 10.3. The summed E-state index contributed by atoms with van der Waals surface area (Å²) in [6.07, 6.45) is 4.61. The van der Waals surface area contributed by atoms with Crippen molar-refractivity contribution in [3.05, 3.63) is 34.9 Å². The highest BCUT2D eigenvalue weighted by molar-refractivity contribution is 5.92. The van der Waals surface area contributed by atoms with Gasteiger partial charge in [-0.3, -0.25) is 9.59 Å². The van der Waals surface area contributed by atoms with E-state index in [4.69, 9.17) is 4.74 Å². The topological polar surface area (TPSA) is 108 Å². The number of nitrogens with one attached hydrogen (secondary N) is 2. The molecular formula is C28H47N3O5. The lowest BCUT2D eigenvalue weighted by molar-refractivity contribution is -0.143. The molecule has 1 aromatic carbocycles. The summed E-state index contributed by atoms with van der Waals surface area (Å²) in [5.41, 5.74) is 1.81. The van der Waals surface area contributed by atoms with Crippen molar-refractivity contribution in [3.63, 3.8) is 0 Å². The predicted octanol–water partition coefficient (Wildman–Crippen LogP) is 4.56. The van der Waals surface area contributed by atoms with Crippen LogP contribution in [0.3, 0.4) is 0 Å². The van der Waals surface area contributed by atoms with Crippen LogP contribution in [0.15, 0.2) is 18.2 Å². The Labute approximate surface area is 217 Å². The van der Waals surface area contributed by atoms with Crippen LogP contribution in [-0.4, -0.2) is 59.3 Å². The highest BCUT2D eigenvalue weighted by atomic mass is 16.6. The molecule has 204 valence electrons. The smallest absolute Gasteiger partial charge is 0.408 e. The minimum atomic E-state index is -1.24. The molecule has 8 nitrogen and oxygen atoms in total. The fraction of sp³-hybridized carbons (Fsp3) is 0.679. The number of nitrogens with zero attached hydrogens (tertiary/aromatic N) is 1. The van der Waals surface area contributed by atoms with Crippen molar-refractivity contribution in [3.8, 4) is 0 Å². The molecule has 0 aliphatic carbocycles. The van der Waals surface area contributed by atoms with Gasteiger partial charge in [0.1, 0.15) is 17.7 Å². The Kier molecular flexibility index (Phi) is 13.5. The van der Waals surface area contributed by atoms with E-state index < -0.39 is 36.3 Å². The molecule has 2 unspecified atom stereocenters. The van der Waals surface area contributed by atoms with Gasteiger partial charge in [-0.2, -0.15) is 0 Å². The van der Waals surface area contributed by atoms with Crippen molar-refractivity contribution < 1.29 is 24.2 Å². The van der Waals surface area contributed by atoms with Gasteiger partial charge >= 0.3 is 6.09 Å². The van der Waals surface area contributed by atoms with Gasteiger partial charge in [-0.15, -0.1) is 0 Å². The standard InChI is InChI=1S/C28H47N3O5/c1-8-10-12-17-29-25(33)24(23-20(3)15-14-16-21(23)4)31(18-13-11-9-2)26(34)22(19-32)30-27(35)36-28(5,6)7/h14-16,22,24,32H,8-13,17-19H2,1-7H3,(H,29,33)(H,30,35). The molecule has 0 bridgehead atoms. The molecule has 8 heteroatoms. The van der Waals surface area contributed by atoms with E-state index in [-0.39, 0.29) is 5.91 Å². The SMILES string of the molecule is CCCCCNC(=O)C(c1c(C)cccc1C)N(CCCCC)C(=O)C(CO)NC(=O)OC(C)(C)C. The molecule has 0 saturated heterocycles. The molecular weight excluding hydrogens is 458 g/mol. The number of unbranched alkanes of at least 4 members (excludes halogenated alkanes) is 4. The normalized spacial score (nSPS) is 13.0. The summed E-state index contributed by atoms with van der Waals surface area (Å²) in [4.78, 5) is 41.4. The molecule has 2 atom stereocenters. The third-order valence-corrected chi connectivity index (χ3v) is 5.91. The lowest BCUT2D eigenvalue weighted by atomic mass is 9.93. The van der Waals surface area contributed by atoms with E-state index in [9.17, 15) is 19.5 Å². The van der Waals surface area contributed by atoms with E-state index in [0.29, 0.717) is 19.5 Å². The van der Waals surface area contributed by atoms with E-state index in [1.54, 1.807) is 20.8 Å². The van der Waals surface area contributed by atoms with Gasteiger partial charge in [0.05, 0.1) is 6.61 Å². The molecule has 0 spiro atoms. The molecule has 0 aliphatic rings. The molecule has 0 radical (unpaired) electrons. The van der Waals surface area contributed by atoms with E-state index in [1.807, 2.05) is 32.0 Å². The van der Waals surface area contributed by atoms with Crippen LogP contribution in [0.2, 0.25) is 0 Å². The largest absolute Gasteiger partial charge is 0.444 e. The van der Waals surface area contributed by atoms with Crippen molar-refractivity contribution >= 4 is 17.9 Å². The number of aliphatic hydroxyl groups is 1. The van der Waals surface area contributed by atoms with Gasteiger partial charge in [0.2, 0.25) is 11.8 Å². The molecule has 0 heterocycles. The van der Waals surface area contributed by atoms with Crippen molar-refractivity contribution in [2.45, 2.75) is 105 Å². The summed E-state index contributed by atoms with van der Waals surface area (Å²) in [7, 11) is 0. The molecule has 1 aromatic rings. The Morgan fingerprint density at radius 3 is 2.11 bits per heavy atom. The first-order valence-electron chi connectivity index (χ1n) is 13.2. The van der Waals surface area contributed by atoms with Crippen LogP contribution in [0, 0.1) is 13.8 Å². The zero-order valence-corrected chi connectivity index (χ0v) is 23.3. The second kappa shape index (κ2) is 15.5. The number of carbonyl (C=O) groups is 3. The number of amides is 3. The molecule has 3 N–H and O–H groups in total. The Balaban J connectivity index is 3.42. The van der Waals surface area contributed by atoms with E-state index >= 15 is 0 Å². The van der Waals surface area contributed by atoms with Crippen LogP contribution in [0.5, 0.6) is 0 Å². The second-order valence-electron chi connectivity index (χ2n) is 10.3. The number of alkyl carbamates (subject to hydrolysis) is 1. The van der Waals surface area contributed by atoms with Crippen molar-refractivity contribution in [2.75, 3.05) is 19.7 Å². The quantitative estimate of drug-likeness (QED) is 0.321. The zero-order chi connectivity index (χ0) is 27.3. The lowest BCUT2D eigenvalue weighted by Gasteiger charge is -2.35.